The number of urea groups is 1. The average molecular weight is 341 g/mol. The Morgan fingerprint density at radius 3 is 2.76 bits per heavy atom. The minimum Gasteiger partial charge on any atom is -0.321 e. The maximum atomic E-state index is 12.9. The third-order valence-corrected chi connectivity index (χ3v) is 5.54. The smallest absolute Gasteiger partial charge is 0.321 e. The quantitative estimate of drug-likeness (QED) is 0.918. The van der Waals surface area contributed by atoms with Crippen LogP contribution in [-0.4, -0.2) is 38.3 Å². The van der Waals surface area contributed by atoms with Gasteiger partial charge in [0.05, 0.1) is 17.6 Å². The van der Waals surface area contributed by atoms with Gasteiger partial charge in [0.2, 0.25) is 0 Å². The van der Waals surface area contributed by atoms with Gasteiger partial charge in [-0.15, -0.1) is 0 Å². The number of pyridine rings is 1. The second-order valence-electron chi connectivity index (χ2n) is 7.62. The number of hydrogen-bond acceptors (Lipinski definition) is 3. The van der Waals surface area contributed by atoms with Crippen molar-refractivity contribution in [1.29, 1.82) is 0 Å². The predicted molar refractivity (Wildman–Crippen MR) is 98.6 cm³/mol. The van der Waals surface area contributed by atoms with Gasteiger partial charge in [0.1, 0.15) is 0 Å². The normalized spacial score (nSPS) is 18.5. The van der Waals surface area contributed by atoms with Crippen molar-refractivity contribution in [2.24, 2.45) is 13.0 Å². The molecule has 0 radical (unpaired) electrons. The van der Waals surface area contributed by atoms with Crippen LogP contribution in [0.4, 0.5) is 10.5 Å². The van der Waals surface area contributed by atoms with Gasteiger partial charge in [-0.3, -0.25) is 4.68 Å². The lowest BCUT2D eigenvalue weighted by Gasteiger charge is -2.30. The molecule has 0 bridgehead atoms. The monoisotopic (exact) mass is 341 g/mol. The Morgan fingerprint density at radius 2 is 2.04 bits per heavy atom. The highest BCUT2D eigenvalue weighted by Gasteiger charge is 2.34. The molecular weight excluding hydrogens is 314 g/mol. The Labute approximate surface area is 148 Å². The number of rotatable bonds is 4. The molecule has 6 nitrogen and oxygen atoms in total. The molecule has 25 heavy (non-hydrogen) atoms. The SMILES string of the molecule is Cc1nn(C)c2ncc(NC(=O)N(CC3CCCCC3)C3CC3)cc12. The number of aromatic nitrogens is 3. The molecule has 0 atom stereocenters. The fourth-order valence-electron chi connectivity index (χ4n) is 4.00. The Bertz CT molecular complexity index is 773. The minimum atomic E-state index is 0.0239. The zero-order valence-electron chi connectivity index (χ0n) is 15.2. The molecule has 2 aliphatic rings. The lowest BCUT2D eigenvalue weighted by Crippen LogP contribution is -2.40. The lowest BCUT2D eigenvalue weighted by atomic mass is 9.89. The van der Waals surface area contributed by atoms with E-state index in [9.17, 15) is 4.79 Å². The largest absolute Gasteiger partial charge is 0.322 e. The summed E-state index contributed by atoms with van der Waals surface area (Å²) in [7, 11) is 1.89. The number of nitrogens with one attached hydrogen (secondary N) is 1. The molecule has 2 aromatic heterocycles. The fourth-order valence-corrected chi connectivity index (χ4v) is 4.00. The number of fused-ring (bicyclic) bond motifs is 1. The van der Waals surface area contributed by atoms with Crippen molar-refractivity contribution in [2.75, 3.05) is 11.9 Å². The number of amides is 2. The van der Waals surface area contributed by atoms with E-state index < -0.39 is 0 Å². The first-order valence-corrected chi connectivity index (χ1v) is 9.49. The molecule has 2 heterocycles. The van der Waals surface area contributed by atoms with Crippen LogP contribution in [0.5, 0.6) is 0 Å². The van der Waals surface area contributed by atoms with Crippen LogP contribution in [0, 0.1) is 12.8 Å². The van der Waals surface area contributed by atoms with Gasteiger partial charge in [0.25, 0.3) is 0 Å². The van der Waals surface area contributed by atoms with Crippen molar-refractivity contribution in [2.45, 2.75) is 57.9 Å². The molecule has 0 spiro atoms. The third-order valence-electron chi connectivity index (χ3n) is 5.54. The summed E-state index contributed by atoms with van der Waals surface area (Å²) in [5, 5.41) is 8.45. The first-order chi connectivity index (χ1) is 12.1. The second-order valence-corrected chi connectivity index (χ2v) is 7.62. The second kappa shape index (κ2) is 6.65. The van der Waals surface area contributed by atoms with Crippen LogP contribution in [0.3, 0.4) is 0 Å². The van der Waals surface area contributed by atoms with Crippen molar-refractivity contribution < 1.29 is 4.79 Å². The van der Waals surface area contributed by atoms with E-state index in [1.807, 2.05) is 20.0 Å². The number of carbonyl (C=O) groups excluding carboxylic acids is 1. The highest BCUT2D eigenvalue weighted by Crippen LogP contribution is 2.32. The topological polar surface area (TPSA) is 63.1 Å². The first-order valence-electron chi connectivity index (χ1n) is 9.49. The molecule has 2 amide bonds. The lowest BCUT2D eigenvalue weighted by molar-refractivity contribution is 0.186. The van der Waals surface area contributed by atoms with Crippen LogP contribution in [-0.2, 0) is 7.05 Å². The van der Waals surface area contributed by atoms with Crippen LogP contribution in [0.25, 0.3) is 11.0 Å². The number of nitrogens with zero attached hydrogens (tertiary/aromatic N) is 4. The number of hydrogen-bond donors (Lipinski definition) is 1. The summed E-state index contributed by atoms with van der Waals surface area (Å²) < 4.78 is 1.77. The molecule has 0 unspecified atom stereocenters. The molecule has 2 fully saturated rings. The maximum absolute atomic E-state index is 12.9. The summed E-state index contributed by atoms with van der Waals surface area (Å²) in [6.07, 6.45) is 10.5. The molecule has 2 aromatic rings. The molecule has 0 aliphatic heterocycles. The molecule has 134 valence electrons. The predicted octanol–water partition coefficient (Wildman–Crippen LogP) is 3.85. The Hall–Kier alpha value is -2.11. The van der Waals surface area contributed by atoms with Gasteiger partial charge in [-0.25, -0.2) is 9.78 Å². The fraction of sp³-hybridized carbons (Fsp3) is 0.632. The zero-order chi connectivity index (χ0) is 17.4. The van der Waals surface area contributed by atoms with Gasteiger partial charge in [-0.1, -0.05) is 19.3 Å². The molecular formula is C19H27N5O. The van der Waals surface area contributed by atoms with E-state index in [0.717, 1.165) is 41.8 Å². The van der Waals surface area contributed by atoms with E-state index in [1.54, 1.807) is 10.9 Å². The Balaban J connectivity index is 1.48. The van der Waals surface area contributed by atoms with Gasteiger partial charge in [-0.05, 0) is 44.6 Å². The van der Waals surface area contributed by atoms with Gasteiger partial charge in [0, 0.05) is 25.0 Å². The highest BCUT2D eigenvalue weighted by atomic mass is 16.2. The van der Waals surface area contributed by atoms with Crippen LogP contribution in [0.15, 0.2) is 12.3 Å². The summed E-state index contributed by atoms with van der Waals surface area (Å²) in [5.74, 6) is 0.668. The van der Waals surface area contributed by atoms with Gasteiger partial charge < -0.3 is 10.2 Å². The van der Waals surface area contributed by atoms with Crippen molar-refractivity contribution >= 4 is 22.8 Å². The standard InChI is InChI=1S/C19H27N5O/c1-13-17-10-15(11-20-18(17)23(2)22-13)21-19(25)24(16-8-9-16)12-14-6-4-3-5-7-14/h10-11,14,16H,3-9,12H2,1-2H3,(H,21,25). The third kappa shape index (κ3) is 3.48. The van der Waals surface area contributed by atoms with E-state index >= 15 is 0 Å². The number of anilines is 1. The van der Waals surface area contributed by atoms with E-state index in [-0.39, 0.29) is 6.03 Å². The molecule has 2 saturated carbocycles. The molecule has 0 aromatic carbocycles. The van der Waals surface area contributed by atoms with E-state index in [4.69, 9.17) is 0 Å². The van der Waals surface area contributed by atoms with Gasteiger partial charge in [0.15, 0.2) is 5.65 Å². The number of aryl methyl sites for hydroxylation is 2. The molecule has 1 N–H and O–H groups in total. The van der Waals surface area contributed by atoms with Crippen LogP contribution < -0.4 is 5.32 Å². The summed E-state index contributed by atoms with van der Waals surface area (Å²) in [6.45, 7) is 2.87. The minimum absolute atomic E-state index is 0.0239. The van der Waals surface area contributed by atoms with Crippen molar-refractivity contribution in [3.05, 3.63) is 18.0 Å². The summed E-state index contributed by atoms with van der Waals surface area (Å²) in [6, 6.07) is 2.43. The van der Waals surface area contributed by atoms with Crippen molar-refractivity contribution in [3.63, 3.8) is 0 Å². The number of carbonyl (C=O) groups is 1. The molecule has 0 saturated heterocycles. The Morgan fingerprint density at radius 1 is 1.28 bits per heavy atom. The van der Waals surface area contributed by atoms with Crippen molar-refractivity contribution in [3.8, 4) is 0 Å². The van der Waals surface area contributed by atoms with Crippen LogP contribution in [0.2, 0.25) is 0 Å². The molecule has 2 aliphatic carbocycles. The zero-order valence-corrected chi connectivity index (χ0v) is 15.2. The Kier molecular flexibility index (Phi) is 4.36. The van der Waals surface area contributed by atoms with E-state index in [0.29, 0.717) is 12.0 Å². The first kappa shape index (κ1) is 16.4. The van der Waals surface area contributed by atoms with Crippen LogP contribution in [0.1, 0.15) is 50.6 Å². The summed E-state index contributed by atoms with van der Waals surface area (Å²) in [4.78, 5) is 19.4. The van der Waals surface area contributed by atoms with E-state index in [2.05, 4.69) is 20.3 Å². The van der Waals surface area contributed by atoms with Gasteiger partial charge >= 0.3 is 6.03 Å². The maximum Gasteiger partial charge on any atom is 0.322 e. The summed E-state index contributed by atoms with van der Waals surface area (Å²) >= 11 is 0. The highest BCUT2D eigenvalue weighted by molar-refractivity contribution is 5.92. The summed E-state index contributed by atoms with van der Waals surface area (Å²) in [5.41, 5.74) is 2.53. The van der Waals surface area contributed by atoms with E-state index in [1.165, 1.54) is 32.1 Å². The van der Waals surface area contributed by atoms with Gasteiger partial charge in [-0.2, -0.15) is 5.10 Å². The average Bonchev–Trinajstić information content (AvgIpc) is 3.41. The molecule has 4 rings (SSSR count). The van der Waals surface area contributed by atoms with Crippen LogP contribution >= 0.6 is 0 Å². The molecule has 6 heteroatoms. The van der Waals surface area contributed by atoms with Crippen molar-refractivity contribution in [1.82, 2.24) is 19.7 Å².